The number of nitrogens with zero attached hydrogens (tertiary/aromatic N) is 5. The molecule has 2 aliphatic rings. The molecular weight excluding hydrogens is 410 g/mol. The number of ether oxygens (including phenoxy) is 1. The molecule has 1 aliphatic heterocycles. The number of piperazine rings is 1. The summed E-state index contributed by atoms with van der Waals surface area (Å²) < 4.78 is 30.3. The van der Waals surface area contributed by atoms with Gasteiger partial charge >= 0.3 is 6.09 Å². The number of carbonyl (C=O) groups excluding carboxylic acids is 1. The minimum absolute atomic E-state index is 0.0119. The molecule has 0 bridgehead atoms. The Bertz CT molecular complexity index is 1200. The van der Waals surface area contributed by atoms with Crippen LogP contribution >= 0.6 is 0 Å². The molecule has 2 unspecified atom stereocenters. The van der Waals surface area contributed by atoms with E-state index < -0.39 is 15.4 Å². The van der Waals surface area contributed by atoms with E-state index in [4.69, 9.17) is 4.74 Å². The molecule has 0 aromatic carbocycles. The monoisotopic (exact) mass is 435 g/mol. The first kappa shape index (κ1) is 20.6. The molecule has 0 N–H and O–H groups in total. The van der Waals surface area contributed by atoms with Gasteiger partial charge in [-0.05, 0) is 33.3 Å². The van der Waals surface area contributed by atoms with E-state index in [1.54, 1.807) is 18.0 Å². The predicted octanol–water partition coefficient (Wildman–Crippen LogP) is 0.930. The number of carbonyl (C=O) groups is 1. The molecule has 10 nitrogen and oxygen atoms in total. The van der Waals surface area contributed by atoms with Crippen molar-refractivity contribution in [2.45, 2.75) is 50.0 Å². The van der Waals surface area contributed by atoms with Gasteiger partial charge in [0.2, 0.25) is 15.0 Å². The summed E-state index contributed by atoms with van der Waals surface area (Å²) in [4.78, 5) is 37.2. The van der Waals surface area contributed by atoms with Crippen LogP contribution in [-0.2, 0) is 21.6 Å². The van der Waals surface area contributed by atoms with Gasteiger partial charge in [-0.15, -0.1) is 0 Å². The van der Waals surface area contributed by atoms with E-state index in [1.807, 2.05) is 25.7 Å². The van der Waals surface area contributed by atoms with Gasteiger partial charge in [-0.2, -0.15) is 4.98 Å². The molecule has 1 amide bonds. The maximum atomic E-state index is 13.0. The van der Waals surface area contributed by atoms with Crippen LogP contribution in [0, 0.1) is 0 Å². The Kier molecular flexibility index (Phi) is 4.57. The lowest BCUT2D eigenvalue weighted by Crippen LogP contribution is -2.51. The van der Waals surface area contributed by atoms with Gasteiger partial charge in [-0.25, -0.2) is 18.2 Å². The quantitative estimate of drug-likeness (QED) is 0.640. The van der Waals surface area contributed by atoms with Crippen LogP contribution in [0.25, 0.3) is 11.0 Å². The highest BCUT2D eigenvalue weighted by Gasteiger charge is 2.52. The molecule has 2 aromatic heterocycles. The zero-order valence-electron chi connectivity index (χ0n) is 17.6. The average Bonchev–Trinajstić information content (AvgIpc) is 3.42. The highest BCUT2D eigenvalue weighted by atomic mass is 32.2. The number of fused-ring (bicyclic) bond motifs is 2. The average molecular weight is 436 g/mol. The summed E-state index contributed by atoms with van der Waals surface area (Å²) in [6, 6.07) is 1.76. The van der Waals surface area contributed by atoms with Crippen molar-refractivity contribution in [2.24, 2.45) is 7.05 Å². The molecular formula is C19H25N5O5S. The number of anilines is 1. The molecule has 2 fully saturated rings. The molecule has 1 saturated carbocycles. The van der Waals surface area contributed by atoms with Crippen molar-refractivity contribution < 1.29 is 17.9 Å². The summed E-state index contributed by atoms with van der Waals surface area (Å²) in [5, 5.41) is 0.261. The first-order chi connectivity index (χ1) is 13.9. The Labute approximate surface area is 174 Å². The van der Waals surface area contributed by atoms with Gasteiger partial charge in [0.1, 0.15) is 16.9 Å². The minimum atomic E-state index is -3.58. The number of hydrogen-bond acceptors (Lipinski definition) is 8. The molecule has 162 valence electrons. The minimum Gasteiger partial charge on any atom is -0.444 e. The number of pyridine rings is 1. The van der Waals surface area contributed by atoms with Gasteiger partial charge in [-0.1, -0.05) is 0 Å². The topological polar surface area (TPSA) is 115 Å². The van der Waals surface area contributed by atoms with Crippen molar-refractivity contribution >= 4 is 32.7 Å². The molecule has 1 aliphatic carbocycles. The van der Waals surface area contributed by atoms with Crippen molar-refractivity contribution in [3.8, 4) is 0 Å². The number of amides is 1. The fourth-order valence-corrected chi connectivity index (χ4v) is 4.33. The molecule has 30 heavy (non-hydrogen) atoms. The summed E-state index contributed by atoms with van der Waals surface area (Å²) in [6.45, 7) is 6.47. The van der Waals surface area contributed by atoms with Crippen molar-refractivity contribution in [2.75, 3.05) is 24.2 Å². The number of aryl methyl sites for hydroxylation is 1. The number of aromatic nitrogens is 3. The standard InChI is InChI=1S/C19H25N5O5S/c1-19(2,3)29-18(26)24-7-6-23(12-9-13(12)24)14-8-11-10-20-17(30(5,27)28)21-15(11)22(4)16(14)25/h8,10,12-13H,6-7,9H2,1-5H3. The highest BCUT2D eigenvalue weighted by Crippen LogP contribution is 2.39. The highest BCUT2D eigenvalue weighted by molar-refractivity contribution is 7.90. The lowest BCUT2D eigenvalue weighted by molar-refractivity contribution is 0.0218. The second-order valence-electron chi connectivity index (χ2n) is 8.83. The molecule has 0 radical (unpaired) electrons. The van der Waals surface area contributed by atoms with Crippen molar-refractivity contribution in [1.82, 2.24) is 19.4 Å². The maximum absolute atomic E-state index is 13.0. The van der Waals surface area contributed by atoms with Gasteiger partial charge in [0.25, 0.3) is 5.56 Å². The normalized spacial score (nSPS) is 21.5. The fraction of sp³-hybridized carbons (Fsp3) is 0.579. The molecule has 3 heterocycles. The van der Waals surface area contributed by atoms with Crippen LogP contribution in [-0.4, -0.2) is 71.0 Å². The summed E-state index contributed by atoms with van der Waals surface area (Å²) in [5.74, 6) is 0. The maximum Gasteiger partial charge on any atom is 0.410 e. The van der Waals surface area contributed by atoms with Crippen molar-refractivity contribution in [3.05, 3.63) is 22.6 Å². The summed E-state index contributed by atoms with van der Waals surface area (Å²) in [5.41, 5.74) is -0.0643. The van der Waals surface area contributed by atoms with Crippen LogP contribution in [0.2, 0.25) is 0 Å². The predicted molar refractivity (Wildman–Crippen MR) is 110 cm³/mol. The van der Waals surface area contributed by atoms with Gasteiger partial charge in [0.05, 0.1) is 12.1 Å². The third-order valence-electron chi connectivity index (χ3n) is 5.28. The Morgan fingerprint density at radius 2 is 1.93 bits per heavy atom. The van der Waals surface area contributed by atoms with E-state index in [9.17, 15) is 18.0 Å². The van der Waals surface area contributed by atoms with Crippen LogP contribution < -0.4 is 10.5 Å². The zero-order valence-corrected chi connectivity index (χ0v) is 18.4. The molecule has 11 heteroatoms. The fourth-order valence-electron chi connectivity index (χ4n) is 3.83. The smallest absolute Gasteiger partial charge is 0.410 e. The van der Waals surface area contributed by atoms with E-state index in [1.165, 1.54) is 10.8 Å². The second-order valence-corrected chi connectivity index (χ2v) is 10.7. The van der Waals surface area contributed by atoms with E-state index >= 15 is 0 Å². The first-order valence-electron chi connectivity index (χ1n) is 9.70. The third-order valence-corrected chi connectivity index (χ3v) is 6.14. The van der Waals surface area contributed by atoms with E-state index in [-0.39, 0.29) is 34.5 Å². The molecule has 0 spiro atoms. The molecule has 2 atom stereocenters. The van der Waals surface area contributed by atoms with E-state index in [0.29, 0.717) is 24.2 Å². The van der Waals surface area contributed by atoms with E-state index in [2.05, 4.69) is 9.97 Å². The van der Waals surface area contributed by atoms with Crippen LogP contribution in [0.5, 0.6) is 0 Å². The van der Waals surface area contributed by atoms with Crippen molar-refractivity contribution in [1.29, 1.82) is 0 Å². The Morgan fingerprint density at radius 1 is 1.23 bits per heavy atom. The lowest BCUT2D eigenvalue weighted by atomic mass is 10.2. The van der Waals surface area contributed by atoms with Crippen LogP contribution in [0.1, 0.15) is 27.2 Å². The van der Waals surface area contributed by atoms with Crippen LogP contribution in [0.15, 0.2) is 22.2 Å². The van der Waals surface area contributed by atoms with Gasteiger partial charge in [0, 0.05) is 38.0 Å². The Balaban J connectivity index is 1.63. The molecule has 2 aromatic rings. The van der Waals surface area contributed by atoms with Crippen LogP contribution in [0.4, 0.5) is 10.5 Å². The SMILES string of the molecule is Cn1c(=O)c(N2CCN(C(=O)OC(C)(C)C)C3CC32)cc2cnc(S(C)(=O)=O)nc21. The Morgan fingerprint density at radius 3 is 2.57 bits per heavy atom. The largest absolute Gasteiger partial charge is 0.444 e. The number of sulfone groups is 1. The van der Waals surface area contributed by atoms with Gasteiger partial charge in [-0.3, -0.25) is 9.36 Å². The van der Waals surface area contributed by atoms with E-state index in [0.717, 1.165) is 12.7 Å². The Hall–Kier alpha value is -2.69. The summed E-state index contributed by atoms with van der Waals surface area (Å²) in [7, 11) is -2.02. The van der Waals surface area contributed by atoms with Gasteiger partial charge < -0.3 is 14.5 Å². The first-order valence-corrected chi connectivity index (χ1v) is 11.6. The van der Waals surface area contributed by atoms with Crippen LogP contribution in [0.3, 0.4) is 0 Å². The number of rotatable bonds is 2. The second kappa shape index (κ2) is 6.66. The number of hydrogen-bond donors (Lipinski definition) is 0. The summed E-state index contributed by atoms with van der Waals surface area (Å²) in [6.07, 6.45) is 2.88. The molecule has 1 saturated heterocycles. The van der Waals surface area contributed by atoms with Gasteiger partial charge in [0.15, 0.2) is 0 Å². The molecule has 4 rings (SSSR count). The lowest BCUT2D eigenvalue weighted by Gasteiger charge is -2.36. The third kappa shape index (κ3) is 3.62. The zero-order chi connectivity index (χ0) is 22.0. The van der Waals surface area contributed by atoms with Crippen molar-refractivity contribution in [3.63, 3.8) is 0 Å². The summed E-state index contributed by atoms with van der Waals surface area (Å²) >= 11 is 0.